The summed E-state index contributed by atoms with van der Waals surface area (Å²) < 4.78 is 4.58. The van der Waals surface area contributed by atoms with Crippen LogP contribution in [0.25, 0.3) is 71.6 Å². The minimum Gasteiger partial charge on any atom is -0.333 e. The minimum absolute atomic E-state index is 0.000562. The fraction of sp³-hybridized carbons (Fsp3) is 0.0444. The molecule has 1 aliphatic rings. The lowest BCUT2D eigenvalue weighted by Crippen LogP contribution is -2.08. The van der Waals surface area contributed by atoms with Crippen molar-refractivity contribution in [2.75, 3.05) is 0 Å². The van der Waals surface area contributed by atoms with Gasteiger partial charge in [-0.05, 0) is 71.7 Å². The van der Waals surface area contributed by atoms with Gasteiger partial charge in [0.1, 0.15) is 6.07 Å². The van der Waals surface area contributed by atoms with E-state index in [1.54, 1.807) is 0 Å². The quantitative estimate of drug-likeness (QED) is 0.192. The van der Waals surface area contributed by atoms with Crippen LogP contribution < -0.4 is 0 Å². The molecule has 0 radical (unpaired) electrons. The standard InChI is InChI=1S/C45H27N5/c46-26-29-16-20-33(21-17-29)49-43-23-18-30(27-47)24-40(43)39-13-7-12-38(45(39)49)35-10-3-2-9-34(35)31-19-22-37-36-11-4-6-15-42(36)50(44(37)25-31)41-14-5-1-8-32(41)28-48/h1-20,22-25,33H,21H2. The summed E-state index contributed by atoms with van der Waals surface area (Å²) in [5.74, 6) is 0. The lowest BCUT2D eigenvalue weighted by molar-refractivity contribution is 0.646. The molecule has 0 fully saturated rings. The number of nitrogens with zero attached hydrogens (tertiary/aromatic N) is 5. The molecule has 6 aromatic carbocycles. The number of para-hydroxylation sites is 3. The Hall–Kier alpha value is -7.13. The Labute approximate surface area is 288 Å². The first-order valence-corrected chi connectivity index (χ1v) is 16.6. The SMILES string of the molecule is N#CC1=CCC(n2c3ccc(C#N)cc3c3cccc(-c4ccccc4-c4ccc5c6ccccc6n(-c6ccccc6C#N)c5c4)c32)C=C1. The minimum atomic E-state index is 0.000562. The molecule has 1 atom stereocenters. The van der Waals surface area contributed by atoms with Crippen molar-refractivity contribution in [3.8, 4) is 46.1 Å². The molecule has 2 aromatic heterocycles. The number of rotatable bonds is 4. The third-order valence-electron chi connectivity index (χ3n) is 9.96. The summed E-state index contributed by atoms with van der Waals surface area (Å²) in [5, 5.41) is 33.8. The van der Waals surface area contributed by atoms with E-state index in [2.05, 4.69) is 112 Å². The van der Waals surface area contributed by atoms with Crippen molar-refractivity contribution in [1.82, 2.24) is 9.13 Å². The lowest BCUT2D eigenvalue weighted by atomic mass is 9.92. The Morgan fingerprint density at radius 2 is 1.32 bits per heavy atom. The van der Waals surface area contributed by atoms with E-state index >= 15 is 0 Å². The predicted molar refractivity (Wildman–Crippen MR) is 201 cm³/mol. The molecule has 0 bridgehead atoms. The van der Waals surface area contributed by atoms with Gasteiger partial charge in [-0.2, -0.15) is 15.8 Å². The van der Waals surface area contributed by atoms with E-state index in [0.29, 0.717) is 23.1 Å². The van der Waals surface area contributed by atoms with Gasteiger partial charge in [0.2, 0.25) is 0 Å². The van der Waals surface area contributed by atoms with Gasteiger partial charge in [-0.1, -0.05) is 97.1 Å². The summed E-state index contributed by atoms with van der Waals surface area (Å²) in [6, 6.07) is 50.6. The molecule has 0 N–H and O–H groups in total. The third kappa shape index (κ3) is 4.37. The van der Waals surface area contributed by atoms with Gasteiger partial charge in [-0.3, -0.25) is 0 Å². The van der Waals surface area contributed by atoms with Crippen LogP contribution in [-0.2, 0) is 0 Å². The van der Waals surface area contributed by atoms with Crippen LogP contribution in [0.5, 0.6) is 0 Å². The maximum Gasteiger partial charge on any atom is 0.101 e. The summed E-state index contributed by atoms with van der Waals surface area (Å²) in [5.41, 5.74) is 11.3. The first-order chi connectivity index (χ1) is 24.7. The Balaban J connectivity index is 1.31. The van der Waals surface area contributed by atoms with Crippen LogP contribution in [0.4, 0.5) is 0 Å². The first-order valence-electron chi connectivity index (χ1n) is 16.6. The van der Waals surface area contributed by atoms with Crippen LogP contribution in [0.3, 0.4) is 0 Å². The van der Waals surface area contributed by atoms with Gasteiger partial charge in [0.15, 0.2) is 0 Å². The van der Waals surface area contributed by atoms with Crippen molar-refractivity contribution in [2.45, 2.75) is 12.5 Å². The summed E-state index contributed by atoms with van der Waals surface area (Å²) in [4.78, 5) is 0. The molecule has 0 amide bonds. The number of allylic oxidation sites excluding steroid dienone is 4. The zero-order valence-corrected chi connectivity index (χ0v) is 26.9. The third-order valence-corrected chi connectivity index (χ3v) is 9.96. The molecule has 0 spiro atoms. The van der Waals surface area contributed by atoms with E-state index in [9.17, 15) is 15.8 Å². The van der Waals surface area contributed by atoms with Crippen LogP contribution in [0.15, 0.2) is 151 Å². The van der Waals surface area contributed by atoms with Gasteiger partial charge in [0.25, 0.3) is 0 Å². The van der Waals surface area contributed by atoms with Crippen molar-refractivity contribution in [1.29, 1.82) is 15.8 Å². The number of benzene rings is 6. The zero-order chi connectivity index (χ0) is 33.8. The van der Waals surface area contributed by atoms with Crippen LogP contribution in [0.2, 0.25) is 0 Å². The van der Waals surface area contributed by atoms with Crippen LogP contribution >= 0.6 is 0 Å². The van der Waals surface area contributed by atoms with Crippen molar-refractivity contribution in [3.63, 3.8) is 0 Å². The van der Waals surface area contributed by atoms with Gasteiger partial charge in [0, 0.05) is 38.2 Å². The van der Waals surface area contributed by atoms with Crippen molar-refractivity contribution in [3.05, 3.63) is 162 Å². The number of hydrogen-bond donors (Lipinski definition) is 0. The Bertz CT molecular complexity index is 2890. The second-order valence-electron chi connectivity index (χ2n) is 12.6. The zero-order valence-electron chi connectivity index (χ0n) is 26.9. The van der Waals surface area contributed by atoms with E-state index in [0.717, 1.165) is 71.6 Å². The van der Waals surface area contributed by atoms with Gasteiger partial charge < -0.3 is 9.13 Å². The van der Waals surface area contributed by atoms with Crippen molar-refractivity contribution in [2.24, 2.45) is 0 Å². The number of aromatic nitrogens is 2. The largest absolute Gasteiger partial charge is 0.333 e. The number of fused-ring (bicyclic) bond motifs is 6. The fourth-order valence-corrected chi connectivity index (χ4v) is 7.75. The van der Waals surface area contributed by atoms with Crippen LogP contribution in [-0.4, -0.2) is 9.13 Å². The van der Waals surface area contributed by atoms with E-state index < -0.39 is 0 Å². The molecule has 1 aliphatic carbocycles. The molecule has 9 rings (SSSR count). The first kappa shape index (κ1) is 29.0. The fourth-order valence-electron chi connectivity index (χ4n) is 7.75. The average Bonchev–Trinajstić information content (AvgIpc) is 3.70. The molecule has 8 aromatic rings. The molecular formula is C45H27N5. The highest BCUT2D eigenvalue weighted by Gasteiger charge is 2.23. The molecular weight excluding hydrogens is 611 g/mol. The second-order valence-corrected chi connectivity index (χ2v) is 12.6. The van der Waals surface area contributed by atoms with E-state index in [1.165, 1.54) is 0 Å². The topological polar surface area (TPSA) is 81.2 Å². The molecule has 0 saturated heterocycles. The van der Waals surface area contributed by atoms with Gasteiger partial charge >= 0.3 is 0 Å². The summed E-state index contributed by atoms with van der Waals surface area (Å²) in [6.07, 6.45) is 6.72. The summed E-state index contributed by atoms with van der Waals surface area (Å²) in [6.45, 7) is 0. The number of hydrogen-bond acceptors (Lipinski definition) is 3. The smallest absolute Gasteiger partial charge is 0.101 e. The van der Waals surface area contributed by atoms with Crippen molar-refractivity contribution < 1.29 is 0 Å². The normalized spacial score (nSPS) is 14.1. The van der Waals surface area contributed by atoms with E-state index in [-0.39, 0.29) is 6.04 Å². The molecule has 2 heterocycles. The van der Waals surface area contributed by atoms with E-state index in [4.69, 9.17) is 0 Å². The van der Waals surface area contributed by atoms with Crippen LogP contribution in [0, 0.1) is 34.0 Å². The number of nitriles is 3. The Morgan fingerprint density at radius 1 is 0.560 bits per heavy atom. The van der Waals surface area contributed by atoms with Crippen molar-refractivity contribution >= 4 is 43.6 Å². The molecule has 5 nitrogen and oxygen atoms in total. The molecule has 0 aliphatic heterocycles. The van der Waals surface area contributed by atoms with Crippen LogP contribution in [0.1, 0.15) is 23.6 Å². The Kier molecular flexibility index (Phi) is 6.70. The summed E-state index contributed by atoms with van der Waals surface area (Å²) >= 11 is 0. The highest BCUT2D eigenvalue weighted by Crippen LogP contribution is 2.44. The maximum atomic E-state index is 10.1. The van der Waals surface area contributed by atoms with Gasteiger partial charge in [-0.15, -0.1) is 0 Å². The molecule has 50 heavy (non-hydrogen) atoms. The highest BCUT2D eigenvalue weighted by atomic mass is 15.0. The maximum absolute atomic E-state index is 10.1. The highest BCUT2D eigenvalue weighted by molar-refractivity contribution is 6.15. The molecule has 1 unspecified atom stereocenters. The molecule has 5 heteroatoms. The predicted octanol–water partition coefficient (Wildman–Crippen LogP) is 10.9. The monoisotopic (exact) mass is 637 g/mol. The average molecular weight is 638 g/mol. The van der Waals surface area contributed by atoms with E-state index in [1.807, 2.05) is 60.7 Å². The van der Waals surface area contributed by atoms with Gasteiger partial charge in [-0.25, -0.2) is 0 Å². The molecule has 0 saturated carbocycles. The lowest BCUT2D eigenvalue weighted by Gasteiger charge is -2.21. The molecule has 232 valence electrons. The second kappa shape index (κ2) is 11.5. The van der Waals surface area contributed by atoms with Gasteiger partial charge in [0.05, 0.1) is 51.5 Å². The summed E-state index contributed by atoms with van der Waals surface area (Å²) in [7, 11) is 0. The Morgan fingerprint density at radius 3 is 2.14 bits per heavy atom.